The Bertz CT molecular complexity index is 745. The monoisotopic (exact) mass is 311 g/mol. The number of hydrogen-bond donors (Lipinski definition) is 1. The van der Waals surface area contributed by atoms with Crippen molar-refractivity contribution in [2.75, 3.05) is 5.32 Å². The SMILES string of the molecule is Cc1c(C#N)c(NC(=O)Cn2ccnc2)n(C2CCCC2)c1C. The van der Waals surface area contributed by atoms with Crippen molar-refractivity contribution in [3.8, 4) is 6.07 Å². The number of nitrogens with one attached hydrogen (secondary N) is 1. The molecule has 2 aromatic rings. The third kappa shape index (κ3) is 2.87. The van der Waals surface area contributed by atoms with E-state index < -0.39 is 0 Å². The van der Waals surface area contributed by atoms with E-state index in [1.807, 2.05) is 13.8 Å². The fourth-order valence-electron chi connectivity index (χ4n) is 3.42. The van der Waals surface area contributed by atoms with Crippen LogP contribution in [0.1, 0.15) is 48.5 Å². The van der Waals surface area contributed by atoms with Gasteiger partial charge in [-0.15, -0.1) is 0 Å². The third-order valence-electron chi connectivity index (χ3n) is 4.70. The second-order valence-electron chi connectivity index (χ2n) is 6.14. The lowest BCUT2D eigenvalue weighted by molar-refractivity contribution is -0.116. The van der Waals surface area contributed by atoms with Crippen LogP contribution in [0.5, 0.6) is 0 Å². The van der Waals surface area contributed by atoms with Crippen LogP contribution in [0.3, 0.4) is 0 Å². The Morgan fingerprint density at radius 2 is 2.17 bits per heavy atom. The van der Waals surface area contributed by atoms with E-state index in [0.29, 0.717) is 17.4 Å². The Balaban J connectivity index is 1.91. The number of imidazole rings is 1. The van der Waals surface area contributed by atoms with Gasteiger partial charge in [0.05, 0.1) is 11.9 Å². The average molecular weight is 311 g/mol. The molecule has 1 aliphatic carbocycles. The first-order chi connectivity index (χ1) is 11.1. The second-order valence-corrected chi connectivity index (χ2v) is 6.14. The fraction of sp³-hybridized carbons (Fsp3) is 0.471. The Morgan fingerprint density at radius 1 is 1.43 bits per heavy atom. The van der Waals surface area contributed by atoms with Crippen LogP contribution in [0.15, 0.2) is 18.7 Å². The van der Waals surface area contributed by atoms with Crippen molar-refractivity contribution >= 4 is 11.7 Å². The maximum atomic E-state index is 12.4. The molecule has 0 saturated heterocycles. The molecule has 6 heteroatoms. The zero-order valence-electron chi connectivity index (χ0n) is 13.5. The molecule has 6 nitrogen and oxygen atoms in total. The summed E-state index contributed by atoms with van der Waals surface area (Å²) in [6, 6.07) is 2.63. The van der Waals surface area contributed by atoms with Crippen LogP contribution in [0.25, 0.3) is 0 Å². The largest absolute Gasteiger partial charge is 0.328 e. The Hall–Kier alpha value is -2.55. The molecule has 0 radical (unpaired) electrons. The van der Waals surface area contributed by atoms with Crippen LogP contribution in [0, 0.1) is 25.2 Å². The van der Waals surface area contributed by atoms with Crippen molar-refractivity contribution in [3.05, 3.63) is 35.5 Å². The summed E-state index contributed by atoms with van der Waals surface area (Å²) < 4.78 is 3.87. The van der Waals surface area contributed by atoms with Crippen LogP contribution in [-0.4, -0.2) is 20.0 Å². The smallest absolute Gasteiger partial charge is 0.245 e. The number of anilines is 1. The van der Waals surface area contributed by atoms with Crippen molar-refractivity contribution < 1.29 is 4.79 Å². The van der Waals surface area contributed by atoms with Gasteiger partial charge in [-0.3, -0.25) is 4.79 Å². The van der Waals surface area contributed by atoms with Crippen LogP contribution in [0.2, 0.25) is 0 Å². The summed E-state index contributed by atoms with van der Waals surface area (Å²) in [6.45, 7) is 4.17. The molecule has 3 rings (SSSR count). The van der Waals surface area contributed by atoms with Gasteiger partial charge in [-0.05, 0) is 32.3 Å². The van der Waals surface area contributed by atoms with Crippen molar-refractivity contribution in [2.45, 2.75) is 52.1 Å². The van der Waals surface area contributed by atoms with Crippen molar-refractivity contribution in [3.63, 3.8) is 0 Å². The van der Waals surface area contributed by atoms with E-state index in [0.717, 1.165) is 24.1 Å². The number of rotatable bonds is 4. The van der Waals surface area contributed by atoms with Crippen LogP contribution in [0.4, 0.5) is 5.82 Å². The van der Waals surface area contributed by atoms with E-state index in [9.17, 15) is 10.1 Å². The summed E-state index contributed by atoms with van der Waals surface area (Å²) in [5, 5.41) is 12.5. The zero-order valence-corrected chi connectivity index (χ0v) is 13.5. The van der Waals surface area contributed by atoms with Gasteiger partial charge in [0.25, 0.3) is 0 Å². The van der Waals surface area contributed by atoms with Gasteiger partial charge >= 0.3 is 0 Å². The maximum Gasteiger partial charge on any atom is 0.245 e. The lowest BCUT2D eigenvalue weighted by atomic mass is 10.2. The van der Waals surface area contributed by atoms with Gasteiger partial charge in [-0.25, -0.2) is 4.98 Å². The number of hydrogen-bond acceptors (Lipinski definition) is 3. The number of nitrogens with zero attached hydrogens (tertiary/aromatic N) is 4. The molecule has 2 aromatic heterocycles. The number of nitriles is 1. The van der Waals surface area contributed by atoms with E-state index in [1.165, 1.54) is 12.8 Å². The molecule has 0 aliphatic heterocycles. The highest BCUT2D eigenvalue weighted by atomic mass is 16.2. The molecule has 0 atom stereocenters. The van der Waals surface area contributed by atoms with E-state index in [2.05, 4.69) is 20.9 Å². The molecular weight excluding hydrogens is 290 g/mol. The molecule has 23 heavy (non-hydrogen) atoms. The first-order valence-electron chi connectivity index (χ1n) is 7.99. The third-order valence-corrected chi connectivity index (χ3v) is 4.70. The van der Waals surface area contributed by atoms with Gasteiger partial charge in [0.2, 0.25) is 5.91 Å². The molecule has 0 aromatic carbocycles. The minimum absolute atomic E-state index is 0.142. The highest BCUT2D eigenvalue weighted by Crippen LogP contribution is 2.37. The van der Waals surface area contributed by atoms with Gasteiger partial charge in [0.1, 0.15) is 18.4 Å². The minimum Gasteiger partial charge on any atom is -0.328 e. The zero-order chi connectivity index (χ0) is 16.4. The topological polar surface area (TPSA) is 75.6 Å². The summed E-state index contributed by atoms with van der Waals surface area (Å²) in [5.41, 5.74) is 2.61. The molecule has 1 fully saturated rings. The lowest BCUT2D eigenvalue weighted by Gasteiger charge is -2.19. The normalized spacial score (nSPS) is 14.8. The Labute approximate surface area is 135 Å². The highest BCUT2D eigenvalue weighted by Gasteiger charge is 2.26. The Morgan fingerprint density at radius 3 is 2.78 bits per heavy atom. The fourth-order valence-corrected chi connectivity index (χ4v) is 3.42. The van der Waals surface area contributed by atoms with Crippen molar-refractivity contribution in [1.82, 2.24) is 14.1 Å². The van der Waals surface area contributed by atoms with E-state index >= 15 is 0 Å². The average Bonchev–Trinajstić information content (AvgIpc) is 3.24. The van der Waals surface area contributed by atoms with Crippen LogP contribution < -0.4 is 5.32 Å². The van der Waals surface area contributed by atoms with E-state index in [-0.39, 0.29) is 12.5 Å². The molecule has 0 spiro atoms. The van der Waals surface area contributed by atoms with E-state index in [4.69, 9.17) is 0 Å². The lowest BCUT2D eigenvalue weighted by Crippen LogP contribution is -2.21. The molecule has 1 N–H and O–H groups in total. The molecule has 120 valence electrons. The predicted octanol–water partition coefficient (Wildman–Crippen LogP) is 2.93. The second kappa shape index (κ2) is 6.29. The summed E-state index contributed by atoms with van der Waals surface area (Å²) in [4.78, 5) is 16.3. The van der Waals surface area contributed by atoms with Gasteiger partial charge < -0.3 is 14.5 Å². The molecule has 1 aliphatic rings. The van der Waals surface area contributed by atoms with Crippen LogP contribution >= 0.6 is 0 Å². The van der Waals surface area contributed by atoms with Gasteiger partial charge in [-0.2, -0.15) is 5.26 Å². The van der Waals surface area contributed by atoms with Crippen molar-refractivity contribution in [2.24, 2.45) is 0 Å². The summed E-state index contributed by atoms with van der Waals surface area (Å²) in [6.07, 6.45) is 9.60. The molecule has 1 saturated carbocycles. The maximum absolute atomic E-state index is 12.4. The summed E-state index contributed by atoms with van der Waals surface area (Å²) in [7, 11) is 0. The van der Waals surface area contributed by atoms with Crippen molar-refractivity contribution in [1.29, 1.82) is 5.26 Å². The highest BCUT2D eigenvalue weighted by molar-refractivity contribution is 5.91. The molecule has 1 amide bonds. The number of amides is 1. The predicted molar refractivity (Wildman–Crippen MR) is 87.0 cm³/mol. The number of carbonyl (C=O) groups is 1. The van der Waals surface area contributed by atoms with Crippen LogP contribution in [-0.2, 0) is 11.3 Å². The number of carbonyl (C=O) groups excluding carboxylic acids is 1. The van der Waals surface area contributed by atoms with Gasteiger partial charge in [0.15, 0.2) is 0 Å². The molecule has 2 heterocycles. The van der Waals surface area contributed by atoms with Gasteiger partial charge in [-0.1, -0.05) is 12.8 Å². The Kier molecular flexibility index (Phi) is 4.20. The molecular formula is C17H21N5O. The first-order valence-corrected chi connectivity index (χ1v) is 7.99. The standard InChI is InChI=1S/C17H21N5O/c1-12-13(2)22(14-5-3-4-6-14)17(15(12)9-18)20-16(23)10-21-8-7-19-11-21/h7-8,11,14H,3-6,10H2,1-2H3,(H,20,23). The molecule has 0 unspecified atom stereocenters. The van der Waals surface area contributed by atoms with E-state index in [1.54, 1.807) is 23.3 Å². The number of aromatic nitrogens is 3. The summed E-state index contributed by atoms with van der Waals surface area (Å²) in [5.74, 6) is 0.510. The molecule has 0 bridgehead atoms. The minimum atomic E-state index is -0.142. The summed E-state index contributed by atoms with van der Waals surface area (Å²) >= 11 is 0. The van der Waals surface area contributed by atoms with Gasteiger partial charge in [0, 0.05) is 24.1 Å². The first kappa shape index (κ1) is 15.3. The quantitative estimate of drug-likeness (QED) is 0.943.